The summed E-state index contributed by atoms with van der Waals surface area (Å²) in [5.41, 5.74) is 0.554. The van der Waals surface area contributed by atoms with Crippen molar-refractivity contribution in [3.8, 4) is 11.8 Å². The van der Waals surface area contributed by atoms with Crippen molar-refractivity contribution in [2.24, 2.45) is 0 Å². The standard InChI is InChI=1S/C15H19N3O4S/c1-23(20,21)18-10-3-2-4-14(18)15(19)17-12-5-7-13(8-6-12)22-11-9-16/h5-8,14H,2-4,10-11H2,1H3,(H,17,19). The number of hydrogen-bond donors (Lipinski definition) is 1. The summed E-state index contributed by atoms with van der Waals surface area (Å²) < 4.78 is 30.0. The average Bonchev–Trinajstić information content (AvgIpc) is 2.53. The van der Waals surface area contributed by atoms with Crippen LogP contribution in [-0.2, 0) is 14.8 Å². The molecule has 1 aromatic rings. The number of hydrogen-bond acceptors (Lipinski definition) is 5. The van der Waals surface area contributed by atoms with E-state index in [1.165, 1.54) is 4.31 Å². The molecule has 1 amide bonds. The number of sulfonamides is 1. The monoisotopic (exact) mass is 337 g/mol. The molecule has 0 saturated carbocycles. The van der Waals surface area contributed by atoms with Crippen molar-refractivity contribution in [2.45, 2.75) is 25.3 Å². The number of carbonyl (C=O) groups is 1. The minimum absolute atomic E-state index is 0.0445. The predicted octanol–water partition coefficient (Wildman–Crippen LogP) is 1.34. The van der Waals surface area contributed by atoms with E-state index in [-0.39, 0.29) is 12.5 Å². The summed E-state index contributed by atoms with van der Waals surface area (Å²) in [5.74, 6) is 0.195. The van der Waals surface area contributed by atoms with Gasteiger partial charge in [-0.15, -0.1) is 0 Å². The second-order valence-corrected chi connectivity index (χ2v) is 7.28. The van der Waals surface area contributed by atoms with Crippen molar-refractivity contribution >= 4 is 21.6 Å². The highest BCUT2D eigenvalue weighted by molar-refractivity contribution is 7.88. The predicted molar refractivity (Wildman–Crippen MR) is 85.4 cm³/mol. The molecule has 1 heterocycles. The number of nitriles is 1. The van der Waals surface area contributed by atoms with Crippen molar-refractivity contribution in [3.63, 3.8) is 0 Å². The smallest absolute Gasteiger partial charge is 0.242 e. The van der Waals surface area contributed by atoms with Crippen molar-refractivity contribution in [3.05, 3.63) is 24.3 Å². The van der Waals surface area contributed by atoms with Crippen molar-refractivity contribution in [1.82, 2.24) is 4.31 Å². The van der Waals surface area contributed by atoms with Crippen LogP contribution in [0, 0.1) is 11.3 Å². The number of nitrogens with zero attached hydrogens (tertiary/aromatic N) is 2. The fourth-order valence-corrected chi connectivity index (χ4v) is 3.66. The SMILES string of the molecule is CS(=O)(=O)N1CCCCC1C(=O)Nc1ccc(OCC#N)cc1. The van der Waals surface area contributed by atoms with Gasteiger partial charge in [-0.1, -0.05) is 6.42 Å². The molecule has 1 aromatic carbocycles. The molecular formula is C15H19N3O4S. The molecule has 1 aliphatic heterocycles. The lowest BCUT2D eigenvalue weighted by atomic mass is 10.0. The normalized spacial score (nSPS) is 18.9. The lowest BCUT2D eigenvalue weighted by Gasteiger charge is -2.32. The van der Waals surface area contributed by atoms with E-state index in [2.05, 4.69) is 5.32 Å². The maximum atomic E-state index is 12.4. The van der Waals surface area contributed by atoms with E-state index < -0.39 is 16.1 Å². The van der Waals surface area contributed by atoms with Gasteiger partial charge in [0.2, 0.25) is 15.9 Å². The Kier molecular flexibility index (Phi) is 5.58. The van der Waals surface area contributed by atoms with E-state index in [0.29, 0.717) is 24.4 Å². The van der Waals surface area contributed by atoms with Gasteiger partial charge in [-0.2, -0.15) is 9.57 Å². The second-order valence-electron chi connectivity index (χ2n) is 5.35. The van der Waals surface area contributed by atoms with Gasteiger partial charge in [-0.3, -0.25) is 4.79 Å². The molecule has 8 heteroatoms. The highest BCUT2D eigenvalue weighted by atomic mass is 32.2. The molecule has 23 heavy (non-hydrogen) atoms. The molecule has 0 radical (unpaired) electrons. The Balaban J connectivity index is 2.04. The maximum Gasteiger partial charge on any atom is 0.242 e. The van der Waals surface area contributed by atoms with Gasteiger partial charge in [0.25, 0.3) is 0 Å². The zero-order valence-corrected chi connectivity index (χ0v) is 13.7. The third kappa shape index (κ3) is 4.68. The average molecular weight is 337 g/mol. The Morgan fingerprint density at radius 1 is 1.39 bits per heavy atom. The number of carbonyl (C=O) groups excluding carboxylic acids is 1. The van der Waals surface area contributed by atoms with Crippen LogP contribution in [0.1, 0.15) is 19.3 Å². The van der Waals surface area contributed by atoms with E-state index in [1.807, 2.05) is 6.07 Å². The van der Waals surface area contributed by atoms with E-state index in [4.69, 9.17) is 10.00 Å². The van der Waals surface area contributed by atoms with E-state index in [1.54, 1.807) is 24.3 Å². The first-order chi connectivity index (χ1) is 10.9. The van der Waals surface area contributed by atoms with E-state index >= 15 is 0 Å². The fourth-order valence-electron chi connectivity index (χ4n) is 2.54. The number of piperidine rings is 1. The molecule has 124 valence electrons. The van der Waals surface area contributed by atoms with Gasteiger partial charge in [-0.05, 0) is 37.1 Å². The van der Waals surface area contributed by atoms with Gasteiger partial charge in [0.15, 0.2) is 6.61 Å². The molecule has 0 aliphatic carbocycles. The zero-order chi connectivity index (χ0) is 16.9. The molecule has 2 rings (SSSR count). The van der Waals surface area contributed by atoms with Crippen LogP contribution in [0.3, 0.4) is 0 Å². The van der Waals surface area contributed by atoms with Crippen LogP contribution < -0.4 is 10.1 Å². The lowest BCUT2D eigenvalue weighted by molar-refractivity contribution is -0.120. The zero-order valence-electron chi connectivity index (χ0n) is 12.9. The molecule has 1 N–H and O–H groups in total. The van der Waals surface area contributed by atoms with Crippen LogP contribution in [0.5, 0.6) is 5.75 Å². The van der Waals surface area contributed by atoms with Crippen LogP contribution in [0.15, 0.2) is 24.3 Å². The second kappa shape index (κ2) is 7.44. The Morgan fingerprint density at radius 2 is 2.09 bits per heavy atom. The van der Waals surface area contributed by atoms with Crippen LogP contribution in [-0.4, -0.2) is 44.1 Å². The van der Waals surface area contributed by atoms with Gasteiger partial charge >= 0.3 is 0 Å². The molecular weight excluding hydrogens is 318 g/mol. The van der Waals surface area contributed by atoms with Crippen LogP contribution in [0.4, 0.5) is 5.69 Å². The molecule has 7 nitrogen and oxygen atoms in total. The summed E-state index contributed by atoms with van der Waals surface area (Å²) in [6.07, 6.45) is 3.23. The summed E-state index contributed by atoms with van der Waals surface area (Å²) in [5, 5.41) is 11.2. The summed E-state index contributed by atoms with van der Waals surface area (Å²) in [4.78, 5) is 12.4. The molecule has 1 atom stereocenters. The first kappa shape index (κ1) is 17.2. The third-order valence-electron chi connectivity index (χ3n) is 3.61. The largest absolute Gasteiger partial charge is 0.479 e. The summed E-state index contributed by atoms with van der Waals surface area (Å²) in [6.45, 7) is 0.328. The molecule has 0 spiro atoms. The summed E-state index contributed by atoms with van der Waals surface area (Å²) >= 11 is 0. The Labute approximate surface area is 135 Å². The highest BCUT2D eigenvalue weighted by Crippen LogP contribution is 2.22. The Morgan fingerprint density at radius 3 is 2.70 bits per heavy atom. The molecule has 1 unspecified atom stereocenters. The minimum Gasteiger partial charge on any atom is -0.479 e. The van der Waals surface area contributed by atoms with Crippen molar-refractivity contribution < 1.29 is 17.9 Å². The van der Waals surface area contributed by atoms with Crippen molar-refractivity contribution in [2.75, 3.05) is 24.7 Å². The minimum atomic E-state index is -3.41. The van der Waals surface area contributed by atoms with E-state index in [0.717, 1.165) is 19.1 Å². The fraction of sp³-hybridized carbons (Fsp3) is 0.467. The van der Waals surface area contributed by atoms with Crippen LogP contribution >= 0.6 is 0 Å². The lowest BCUT2D eigenvalue weighted by Crippen LogP contribution is -2.49. The molecule has 0 aromatic heterocycles. The number of benzene rings is 1. The number of amides is 1. The Hall–Kier alpha value is -2.11. The molecule has 1 saturated heterocycles. The number of nitrogens with one attached hydrogen (secondary N) is 1. The van der Waals surface area contributed by atoms with E-state index in [9.17, 15) is 13.2 Å². The van der Waals surface area contributed by atoms with Gasteiger partial charge in [-0.25, -0.2) is 8.42 Å². The first-order valence-electron chi connectivity index (χ1n) is 7.29. The van der Waals surface area contributed by atoms with Gasteiger partial charge in [0.1, 0.15) is 17.9 Å². The van der Waals surface area contributed by atoms with Gasteiger partial charge in [0.05, 0.1) is 6.26 Å². The number of rotatable bonds is 5. The number of ether oxygens (including phenoxy) is 1. The maximum absolute atomic E-state index is 12.4. The molecule has 1 fully saturated rings. The van der Waals surface area contributed by atoms with Crippen LogP contribution in [0.25, 0.3) is 0 Å². The number of anilines is 1. The highest BCUT2D eigenvalue weighted by Gasteiger charge is 2.34. The molecule has 1 aliphatic rings. The van der Waals surface area contributed by atoms with Crippen LogP contribution in [0.2, 0.25) is 0 Å². The summed E-state index contributed by atoms with van der Waals surface area (Å²) in [7, 11) is -3.41. The van der Waals surface area contributed by atoms with Crippen molar-refractivity contribution in [1.29, 1.82) is 5.26 Å². The topological polar surface area (TPSA) is 99.5 Å². The van der Waals surface area contributed by atoms with Gasteiger partial charge in [0, 0.05) is 12.2 Å². The van der Waals surface area contributed by atoms with Gasteiger partial charge < -0.3 is 10.1 Å². The first-order valence-corrected chi connectivity index (χ1v) is 9.14. The third-order valence-corrected chi connectivity index (χ3v) is 4.90. The summed E-state index contributed by atoms with van der Waals surface area (Å²) in [6, 6.07) is 7.78. The Bertz CT molecular complexity index is 694. The quantitative estimate of drug-likeness (QED) is 0.874. The molecule has 0 bridgehead atoms.